The Bertz CT molecular complexity index is 790. The lowest BCUT2D eigenvalue weighted by Crippen LogP contribution is -2.33. The summed E-state index contributed by atoms with van der Waals surface area (Å²) in [6, 6.07) is 16.6. The molecular formula is C22H25NO5. The van der Waals surface area contributed by atoms with Crippen molar-refractivity contribution < 1.29 is 24.2 Å². The number of rotatable bonds is 8. The molecule has 1 amide bonds. The number of carboxylic acids is 1. The van der Waals surface area contributed by atoms with E-state index in [0.717, 1.165) is 17.7 Å². The van der Waals surface area contributed by atoms with Gasteiger partial charge in [-0.2, -0.15) is 0 Å². The van der Waals surface area contributed by atoms with Crippen molar-refractivity contribution >= 4 is 11.9 Å². The van der Waals surface area contributed by atoms with E-state index in [2.05, 4.69) is 0 Å². The Morgan fingerprint density at radius 1 is 1.00 bits per heavy atom. The molecule has 1 aliphatic heterocycles. The summed E-state index contributed by atoms with van der Waals surface area (Å²) < 4.78 is 11.1. The molecule has 2 atom stereocenters. The van der Waals surface area contributed by atoms with E-state index >= 15 is 0 Å². The molecule has 1 heterocycles. The Hall–Kier alpha value is -3.02. The number of carboxylic acid groups (broad SMARTS) is 1. The number of benzene rings is 2. The molecular weight excluding hydrogens is 358 g/mol. The maximum atomic E-state index is 12.6. The molecule has 6 heteroatoms. The molecule has 6 nitrogen and oxygen atoms in total. The lowest BCUT2D eigenvalue weighted by Gasteiger charge is -2.17. The van der Waals surface area contributed by atoms with Gasteiger partial charge in [0.05, 0.1) is 12.5 Å². The number of carbonyl (C=O) groups is 2. The molecule has 2 unspecified atom stereocenters. The van der Waals surface area contributed by atoms with Gasteiger partial charge < -0.3 is 19.5 Å². The molecule has 2 aromatic rings. The van der Waals surface area contributed by atoms with Crippen molar-refractivity contribution in [3.05, 3.63) is 60.2 Å². The molecule has 2 aromatic carbocycles. The Kier molecular flexibility index (Phi) is 6.53. The first-order valence-electron chi connectivity index (χ1n) is 9.49. The van der Waals surface area contributed by atoms with Crippen molar-refractivity contribution in [2.24, 2.45) is 5.92 Å². The molecule has 148 valence electrons. The van der Waals surface area contributed by atoms with Gasteiger partial charge in [0, 0.05) is 19.0 Å². The fourth-order valence-electron chi connectivity index (χ4n) is 3.38. The van der Waals surface area contributed by atoms with Gasteiger partial charge in [0.2, 0.25) is 0 Å². The van der Waals surface area contributed by atoms with Gasteiger partial charge in [-0.25, -0.2) is 0 Å². The number of ether oxygens (including phenoxy) is 2. The second kappa shape index (κ2) is 9.26. The largest absolute Gasteiger partial charge is 0.494 e. The number of likely N-dealkylation sites (tertiary alicyclic amines) is 1. The van der Waals surface area contributed by atoms with E-state index in [4.69, 9.17) is 9.47 Å². The van der Waals surface area contributed by atoms with E-state index < -0.39 is 11.9 Å². The third-order valence-electron chi connectivity index (χ3n) is 4.88. The number of aliphatic carboxylic acids is 1. The zero-order valence-electron chi connectivity index (χ0n) is 15.9. The number of amides is 1. The monoisotopic (exact) mass is 383 g/mol. The summed E-state index contributed by atoms with van der Waals surface area (Å²) in [5.74, 6) is -0.580. The molecule has 0 spiro atoms. The minimum Gasteiger partial charge on any atom is -0.494 e. The van der Waals surface area contributed by atoms with Gasteiger partial charge in [0.1, 0.15) is 11.5 Å². The predicted molar refractivity (Wildman–Crippen MR) is 105 cm³/mol. The molecule has 0 bridgehead atoms. The first kappa shape index (κ1) is 19.7. The van der Waals surface area contributed by atoms with Crippen LogP contribution in [0.15, 0.2) is 54.6 Å². The van der Waals surface area contributed by atoms with E-state index in [9.17, 15) is 14.7 Å². The highest BCUT2D eigenvalue weighted by Crippen LogP contribution is 2.33. The second-order valence-corrected chi connectivity index (χ2v) is 6.87. The van der Waals surface area contributed by atoms with Crippen molar-refractivity contribution in [1.82, 2.24) is 4.90 Å². The second-order valence-electron chi connectivity index (χ2n) is 6.87. The van der Waals surface area contributed by atoms with Gasteiger partial charge >= 0.3 is 5.97 Å². The molecule has 0 saturated carbocycles. The number of carbonyl (C=O) groups excluding carboxylic acids is 1. The predicted octanol–water partition coefficient (Wildman–Crippen LogP) is 3.18. The molecule has 1 fully saturated rings. The summed E-state index contributed by atoms with van der Waals surface area (Å²) in [4.78, 5) is 25.8. The average Bonchev–Trinajstić information content (AvgIpc) is 3.18. The number of hydrogen-bond donors (Lipinski definition) is 1. The summed E-state index contributed by atoms with van der Waals surface area (Å²) in [5, 5.41) is 9.56. The fraction of sp³-hybridized carbons (Fsp3) is 0.364. The van der Waals surface area contributed by atoms with Gasteiger partial charge in [0.15, 0.2) is 6.61 Å². The van der Waals surface area contributed by atoms with Crippen LogP contribution in [0.25, 0.3) is 0 Å². The Balaban J connectivity index is 1.58. The fourth-order valence-corrected chi connectivity index (χ4v) is 3.38. The minimum atomic E-state index is -0.882. The molecule has 3 rings (SSSR count). The summed E-state index contributed by atoms with van der Waals surface area (Å²) in [6.07, 6.45) is 0.934. The van der Waals surface area contributed by atoms with Crippen LogP contribution >= 0.6 is 0 Å². The van der Waals surface area contributed by atoms with Crippen LogP contribution in [0.2, 0.25) is 0 Å². The van der Waals surface area contributed by atoms with E-state index in [-0.39, 0.29) is 25.0 Å². The molecule has 28 heavy (non-hydrogen) atoms. The maximum Gasteiger partial charge on any atom is 0.308 e. The summed E-state index contributed by atoms with van der Waals surface area (Å²) in [6.45, 7) is 3.15. The summed E-state index contributed by atoms with van der Waals surface area (Å²) in [7, 11) is 0. The number of hydrogen-bond acceptors (Lipinski definition) is 4. The van der Waals surface area contributed by atoms with Gasteiger partial charge in [-0.05, 0) is 36.2 Å². The molecule has 0 aromatic heterocycles. The smallest absolute Gasteiger partial charge is 0.308 e. The van der Waals surface area contributed by atoms with Gasteiger partial charge in [0.25, 0.3) is 5.91 Å². The Morgan fingerprint density at radius 2 is 1.64 bits per heavy atom. The molecule has 0 radical (unpaired) electrons. The van der Waals surface area contributed by atoms with Gasteiger partial charge in [-0.1, -0.05) is 37.3 Å². The van der Waals surface area contributed by atoms with Crippen molar-refractivity contribution in [1.29, 1.82) is 0 Å². The van der Waals surface area contributed by atoms with Crippen LogP contribution in [-0.4, -0.2) is 48.2 Å². The quantitative estimate of drug-likeness (QED) is 0.758. The van der Waals surface area contributed by atoms with Crippen LogP contribution in [0.3, 0.4) is 0 Å². The van der Waals surface area contributed by atoms with Crippen molar-refractivity contribution in [2.75, 3.05) is 26.3 Å². The lowest BCUT2D eigenvalue weighted by atomic mass is 9.89. The van der Waals surface area contributed by atoms with E-state index in [1.54, 1.807) is 29.2 Å². The van der Waals surface area contributed by atoms with Crippen molar-refractivity contribution in [3.8, 4) is 11.5 Å². The minimum absolute atomic E-state index is 0.122. The topological polar surface area (TPSA) is 76.1 Å². The molecule has 0 aliphatic carbocycles. The maximum absolute atomic E-state index is 12.6. The SMILES string of the molecule is CCCOc1ccc(OCC(=O)N2CC(C(=O)O)C(c3ccccc3)C2)cc1. The zero-order valence-corrected chi connectivity index (χ0v) is 15.9. The standard InChI is InChI=1S/C22H25NO5/c1-2-12-27-17-8-10-18(11-9-17)28-15-21(24)23-13-19(20(14-23)22(25)26)16-6-4-3-5-7-16/h3-11,19-20H,2,12-15H2,1H3,(H,25,26). The van der Waals surface area contributed by atoms with E-state index in [1.165, 1.54) is 0 Å². The summed E-state index contributed by atoms with van der Waals surface area (Å²) >= 11 is 0. The highest BCUT2D eigenvalue weighted by molar-refractivity contribution is 5.80. The Morgan fingerprint density at radius 3 is 2.25 bits per heavy atom. The van der Waals surface area contributed by atoms with E-state index in [0.29, 0.717) is 18.9 Å². The van der Waals surface area contributed by atoms with Crippen LogP contribution < -0.4 is 9.47 Å². The van der Waals surface area contributed by atoms with E-state index in [1.807, 2.05) is 37.3 Å². The van der Waals surface area contributed by atoms with Crippen molar-refractivity contribution in [2.45, 2.75) is 19.3 Å². The molecule has 1 aliphatic rings. The normalized spacial score (nSPS) is 18.7. The zero-order chi connectivity index (χ0) is 19.9. The molecule has 1 saturated heterocycles. The van der Waals surface area contributed by atoms with Gasteiger partial charge in [-0.3, -0.25) is 9.59 Å². The number of nitrogens with zero attached hydrogens (tertiary/aromatic N) is 1. The lowest BCUT2D eigenvalue weighted by molar-refractivity contribution is -0.142. The first-order chi connectivity index (χ1) is 13.6. The van der Waals surface area contributed by atoms with Crippen LogP contribution in [0.5, 0.6) is 11.5 Å². The summed E-state index contributed by atoms with van der Waals surface area (Å²) in [5.41, 5.74) is 0.939. The molecule has 1 N–H and O–H groups in total. The average molecular weight is 383 g/mol. The third-order valence-corrected chi connectivity index (χ3v) is 4.88. The van der Waals surface area contributed by atoms with Crippen molar-refractivity contribution in [3.63, 3.8) is 0 Å². The van der Waals surface area contributed by atoms with Crippen LogP contribution in [0, 0.1) is 5.92 Å². The van der Waals surface area contributed by atoms with Crippen LogP contribution in [-0.2, 0) is 9.59 Å². The van der Waals surface area contributed by atoms with Crippen LogP contribution in [0.4, 0.5) is 0 Å². The van der Waals surface area contributed by atoms with Gasteiger partial charge in [-0.15, -0.1) is 0 Å². The highest BCUT2D eigenvalue weighted by atomic mass is 16.5. The third kappa shape index (κ3) is 4.82. The van der Waals surface area contributed by atoms with Crippen LogP contribution in [0.1, 0.15) is 24.8 Å². The first-order valence-corrected chi connectivity index (χ1v) is 9.49. The highest BCUT2D eigenvalue weighted by Gasteiger charge is 2.40. The Labute approximate surface area is 164 Å².